The van der Waals surface area contributed by atoms with Crippen LogP contribution in [0.5, 0.6) is 0 Å². The predicted molar refractivity (Wildman–Crippen MR) is 135 cm³/mol. The van der Waals surface area contributed by atoms with Gasteiger partial charge in [0.25, 0.3) is 0 Å². The third-order valence-electron chi connectivity index (χ3n) is 6.08. The van der Waals surface area contributed by atoms with E-state index in [0.29, 0.717) is 0 Å². The molecule has 0 aliphatic heterocycles. The maximum Gasteiger partial charge on any atom is 0.0246 e. The van der Waals surface area contributed by atoms with Gasteiger partial charge in [-0.05, 0) is 105 Å². The molecule has 3 aromatic rings. The third-order valence-corrected chi connectivity index (χ3v) is 6.08. The zero-order chi connectivity index (χ0) is 21.7. The molecular formula is C27H40N4. The molecule has 0 atom stereocenters. The first-order valence-electron chi connectivity index (χ1n) is 12.1. The van der Waals surface area contributed by atoms with Crippen LogP contribution in [0.3, 0.4) is 0 Å². The number of nitrogens with one attached hydrogen (secondary N) is 1. The lowest BCUT2D eigenvalue weighted by Crippen LogP contribution is -2.27. The van der Waals surface area contributed by atoms with E-state index in [9.17, 15) is 0 Å². The Morgan fingerprint density at radius 2 is 1.23 bits per heavy atom. The van der Waals surface area contributed by atoms with Gasteiger partial charge in [-0.2, -0.15) is 0 Å². The fourth-order valence-electron chi connectivity index (χ4n) is 4.37. The Labute approximate surface area is 188 Å². The minimum Gasteiger partial charge on any atom is -0.330 e. The van der Waals surface area contributed by atoms with E-state index in [1.165, 1.54) is 52.8 Å². The van der Waals surface area contributed by atoms with Gasteiger partial charge in [0, 0.05) is 6.54 Å². The highest BCUT2D eigenvalue weighted by Gasteiger charge is 2.12. The standard InChI is InChI=1S/C27H40N4/c28-15-6-1-8-19-31(20-9-7-17-30-18-10-16-29)22-27-25-13-4-2-11-23(25)21-24-12-3-5-14-26(24)27/h2-5,11-14,21,30H,1,6-10,15-20,22,28-29H2. The van der Waals surface area contributed by atoms with Crippen molar-refractivity contribution in [1.82, 2.24) is 10.2 Å². The van der Waals surface area contributed by atoms with E-state index in [2.05, 4.69) is 64.8 Å². The highest BCUT2D eigenvalue weighted by Crippen LogP contribution is 2.29. The average Bonchev–Trinajstić information content (AvgIpc) is 2.80. The van der Waals surface area contributed by atoms with E-state index >= 15 is 0 Å². The highest BCUT2D eigenvalue weighted by atomic mass is 15.1. The normalized spacial score (nSPS) is 11.7. The molecule has 0 unspecified atom stereocenters. The second kappa shape index (κ2) is 13.4. The minimum absolute atomic E-state index is 0.766. The van der Waals surface area contributed by atoms with E-state index in [0.717, 1.165) is 58.7 Å². The summed E-state index contributed by atoms with van der Waals surface area (Å²) in [5.74, 6) is 0. The van der Waals surface area contributed by atoms with Gasteiger partial charge >= 0.3 is 0 Å². The van der Waals surface area contributed by atoms with Crippen molar-refractivity contribution in [3.63, 3.8) is 0 Å². The monoisotopic (exact) mass is 420 g/mol. The Balaban J connectivity index is 1.72. The van der Waals surface area contributed by atoms with Crippen molar-refractivity contribution in [2.75, 3.05) is 39.3 Å². The number of nitrogens with two attached hydrogens (primary N) is 2. The number of fused-ring (bicyclic) bond motifs is 2. The zero-order valence-corrected chi connectivity index (χ0v) is 19.0. The highest BCUT2D eigenvalue weighted by molar-refractivity contribution is 6.02. The topological polar surface area (TPSA) is 67.3 Å². The minimum atomic E-state index is 0.766. The lowest BCUT2D eigenvalue weighted by atomic mass is 9.96. The van der Waals surface area contributed by atoms with Crippen LogP contribution >= 0.6 is 0 Å². The zero-order valence-electron chi connectivity index (χ0n) is 19.0. The van der Waals surface area contributed by atoms with Crippen LogP contribution in [0.4, 0.5) is 0 Å². The first-order chi connectivity index (χ1) is 15.3. The molecule has 3 rings (SSSR count). The molecule has 0 aliphatic rings. The van der Waals surface area contributed by atoms with E-state index in [1.807, 2.05) is 0 Å². The predicted octanol–water partition coefficient (Wildman–Crippen LogP) is 4.64. The van der Waals surface area contributed by atoms with Gasteiger partial charge in [0.1, 0.15) is 0 Å². The fraction of sp³-hybridized carbons (Fsp3) is 0.481. The van der Waals surface area contributed by atoms with Crippen molar-refractivity contribution in [1.29, 1.82) is 0 Å². The molecule has 0 amide bonds. The van der Waals surface area contributed by atoms with Crippen LogP contribution < -0.4 is 16.8 Å². The van der Waals surface area contributed by atoms with E-state index in [4.69, 9.17) is 11.5 Å². The van der Waals surface area contributed by atoms with E-state index < -0.39 is 0 Å². The Kier molecular flexibility index (Phi) is 10.3. The molecule has 0 spiro atoms. The molecule has 3 aromatic carbocycles. The fourth-order valence-corrected chi connectivity index (χ4v) is 4.37. The Morgan fingerprint density at radius 1 is 0.645 bits per heavy atom. The van der Waals surface area contributed by atoms with Crippen molar-refractivity contribution in [3.8, 4) is 0 Å². The van der Waals surface area contributed by atoms with Crippen molar-refractivity contribution >= 4 is 21.5 Å². The molecule has 168 valence electrons. The third kappa shape index (κ3) is 7.29. The summed E-state index contributed by atoms with van der Waals surface area (Å²) in [5.41, 5.74) is 12.8. The van der Waals surface area contributed by atoms with Crippen molar-refractivity contribution in [2.24, 2.45) is 11.5 Å². The summed E-state index contributed by atoms with van der Waals surface area (Å²) in [6, 6.07) is 20.0. The molecule has 4 nitrogen and oxygen atoms in total. The first kappa shape index (κ1) is 23.7. The van der Waals surface area contributed by atoms with Crippen molar-refractivity contribution in [3.05, 3.63) is 60.2 Å². The number of nitrogens with zero attached hydrogens (tertiary/aromatic N) is 1. The van der Waals surface area contributed by atoms with Gasteiger partial charge in [0.05, 0.1) is 0 Å². The molecule has 0 fully saturated rings. The van der Waals surface area contributed by atoms with Gasteiger partial charge in [-0.15, -0.1) is 0 Å². The van der Waals surface area contributed by atoms with Crippen LogP contribution in [0.25, 0.3) is 21.5 Å². The number of benzene rings is 3. The SMILES string of the molecule is NCCCCCN(CCCCNCCCN)Cc1c2ccccc2cc2ccccc12. The average molecular weight is 421 g/mol. The second-order valence-corrected chi connectivity index (χ2v) is 8.52. The van der Waals surface area contributed by atoms with Gasteiger partial charge < -0.3 is 16.8 Å². The summed E-state index contributed by atoms with van der Waals surface area (Å²) < 4.78 is 0. The number of unbranched alkanes of at least 4 members (excludes halogenated alkanes) is 3. The Morgan fingerprint density at radius 3 is 1.87 bits per heavy atom. The largest absolute Gasteiger partial charge is 0.330 e. The first-order valence-corrected chi connectivity index (χ1v) is 12.1. The van der Waals surface area contributed by atoms with E-state index in [1.54, 1.807) is 0 Å². The van der Waals surface area contributed by atoms with Gasteiger partial charge in [-0.25, -0.2) is 0 Å². The molecule has 0 aromatic heterocycles. The summed E-state index contributed by atoms with van der Waals surface area (Å²) in [6.45, 7) is 6.95. The van der Waals surface area contributed by atoms with Crippen LogP contribution in [0, 0.1) is 0 Å². The molecule has 0 saturated carbocycles. The second-order valence-electron chi connectivity index (χ2n) is 8.52. The lowest BCUT2D eigenvalue weighted by molar-refractivity contribution is 0.255. The van der Waals surface area contributed by atoms with Crippen molar-refractivity contribution < 1.29 is 0 Å². The van der Waals surface area contributed by atoms with E-state index in [-0.39, 0.29) is 0 Å². The maximum atomic E-state index is 5.71. The molecule has 0 bridgehead atoms. The number of hydrogen-bond acceptors (Lipinski definition) is 4. The summed E-state index contributed by atoms with van der Waals surface area (Å²) >= 11 is 0. The van der Waals surface area contributed by atoms with Gasteiger partial charge in [-0.3, -0.25) is 4.90 Å². The number of hydrogen-bond donors (Lipinski definition) is 3. The smallest absolute Gasteiger partial charge is 0.0246 e. The van der Waals surface area contributed by atoms with Crippen LogP contribution in [-0.2, 0) is 6.54 Å². The molecule has 0 radical (unpaired) electrons. The molecule has 4 heteroatoms. The van der Waals surface area contributed by atoms with Crippen LogP contribution in [0.1, 0.15) is 44.1 Å². The summed E-state index contributed by atoms with van der Waals surface area (Å²) in [6.07, 6.45) is 7.03. The molecule has 0 heterocycles. The van der Waals surface area contributed by atoms with Crippen LogP contribution in [-0.4, -0.2) is 44.2 Å². The molecule has 31 heavy (non-hydrogen) atoms. The molecule has 0 aliphatic carbocycles. The number of rotatable bonds is 15. The van der Waals surface area contributed by atoms with Crippen molar-refractivity contribution in [2.45, 2.75) is 45.1 Å². The Hall–Kier alpha value is -1.98. The Bertz CT molecular complexity index is 854. The maximum absolute atomic E-state index is 5.71. The van der Waals surface area contributed by atoms with Crippen LogP contribution in [0.2, 0.25) is 0 Å². The quantitative estimate of drug-likeness (QED) is 0.247. The van der Waals surface area contributed by atoms with Gasteiger partial charge in [0.2, 0.25) is 0 Å². The summed E-state index contributed by atoms with van der Waals surface area (Å²) in [7, 11) is 0. The summed E-state index contributed by atoms with van der Waals surface area (Å²) in [5, 5.41) is 8.95. The van der Waals surface area contributed by atoms with Gasteiger partial charge in [0.15, 0.2) is 0 Å². The van der Waals surface area contributed by atoms with Gasteiger partial charge in [-0.1, -0.05) is 55.0 Å². The summed E-state index contributed by atoms with van der Waals surface area (Å²) in [4.78, 5) is 2.66. The molecule has 5 N–H and O–H groups in total. The lowest BCUT2D eigenvalue weighted by Gasteiger charge is -2.24. The molecular weight excluding hydrogens is 380 g/mol. The molecule has 0 saturated heterocycles. The van der Waals surface area contributed by atoms with Crippen LogP contribution in [0.15, 0.2) is 54.6 Å².